The summed E-state index contributed by atoms with van der Waals surface area (Å²) in [4.78, 5) is 9.03. The predicted octanol–water partition coefficient (Wildman–Crippen LogP) is 3.21. The first-order valence-corrected chi connectivity index (χ1v) is 7.30. The Kier molecular flexibility index (Phi) is 5.60. The summed E-state index contributed by atoms with van der Waals surface area (Å²) in [6, 6.07) is 0. The average Bonchev–Trinajstić information content (AvgIpc) is 2.34. The molecule has 0 atom stereocenters. The van der Waals surface area contributed by atoms with Gasteiger partial charge in [0.1, 0.15) is 11.5 Å². The highest BCUT2D eigenvalue weighted by molar-refractivity contribution is 5.67. The highest BCUT2D eigenvalue weighted by Crippen LogP contribution is 2.30. The summed E-state index contributed by atoms with van der Waals surface area (Å²) in [5.41, 5.74) is 6.46. The van der Waals surface area contributed by atoms with Crippen LogP contribution in [0, 0.1) is 5.92 Å². The fraction of sp³-hybridized carbons (Fsp3) is 0.733. The lowest BCUT2D eigenvalue weighted by Gasteiger charge is -2.21. The van der Waals surface area contributed by atoms with Gasteiger partial charge < -0.3 is 15.8 Å². The number of anilines is 2. The summed E-state index contributed by atoms with van der Waals surface area (Å²) in [5.74, 6) is 2.41. The molecule has 0 aliphatic rings. The number of nitrogens with two attached hydrogens (primary N) is 1. The molecular weight excluding hydrogens is 252 g/mol. The van der Waals surface area contributed by atoms with E-state index in [0.717, 1.165) is 18.8 Å². The van der Waals surface area contributed by atoms with E-state index in [0.29, 0.717) is 29.9 Å². The maximum absolute atomic E-state index is 6.11. The molecule has 0 aromatic carbocycles. The van der Waals surface area contributed by atoms with Gasteiger partial charge in [-0.3, -0.25) is 0 Å². The van der Waals surface area contributed by atoms with Crippen molar-refractivity contribution < 1.29 is 4.74 Å². The quantitative estimate of drug-likeness (QED) is 0.837. The van der Waals surface area contributed by atoms with Crippen molar-refractivity contribution in [2.45, 2.75) is 53.4 Å². The third kappa shape index (κ3) is 4.54. The lowest BCUT2D eigenvalue weighted by atomic mass is 9.96. The molecule has 0 spiro atoms. The summed E-state index contributed by atoms with van der Waals surface area (Å²) in [5, 5.41) is 3.29. The van der Waals surface area contributed by atoms with Gasteiger partial charge in [-0.1, -0.05) is 41.5 Å². The summed E-state index contributed by atoms with van der Waals surface area (Å²) in [7, 11) is 0. The van der Waals surface area contributed by atoms with E-state index in [1.54, 1.807) is 0 Å². The normalized spacial score (nSPS) is 11.8. The Morgan fingerprint density at radius 2 is 1.90 bits per heavy atom. The van der Waals surface area contributed by atoms with Gasteiger partial charge in [0, 0.05) is 12.0 Å². The number of hydrogen-bond donors (Lipinski definition) is 2. The van der Waals surface area contributed by atoms with E-state index in [9.17, 15) is 0 Å². The van der Waals surface area contributed by atoms with E-state index in [-0.39, 0.29) is 5.41 Å². The van der Waals surface area contributed by atoms with Crippen molar-refractivity contribution in [3.8, 4) is 5.88 Å². The first-order chi connectivity index (χ1) is 9.25. The standard InChI is InChI=1S/C15H28N4O/c1-7-8-20-13-11(16)12(17-9-10(2)3)18-14(19-13)15(4,5)6/h10H,7-9,16H2,1-6H3,(H,17,18,19). The summed E-state index contributed by atoms with van der Waals surface area (Å²) in [6.07, 6.45) is 0.920. The third-order valence-electron chi connectivity index (χ3n) is 2.70. The lowest BCUT2D eigenvalue weighted by Crippen LogP contribution is -2.20. The van der Waals surface area contributed by atoms with Crippen LogP contribution in [0.3, 0.4) is 0 Å². The van der Waals surface area contributed by atoms with Gasteiger partial charge in [-0.05, 0) is 12.3 Å². The Balaban J connectivity index is 3.13. The maximum atomic E-state index is 6.11. The van der Waals surface area contributed by atoms with Crippen LogP contribution in [0.1, 0.15) is 53.8 Å². The Bertz CT molecular complexity index is 438. The van der Waals surface area contributed by atoms with E-state index in [1.165, 1.54) is 0 Å². The van der Waals surface area contributed by atoms with Gasteiger partial charge in [-0.15, -0.1) is 0 Å². The minimum absolute atomic E-state index is 0.147. The number of nitrogens with zero attached hydrogens (tertiary/aromatic N) is 2. The molecule has 0 fully saturated rings. The van der Waals surface area contributed by atoms with E-state index in [2.05, 4.69) is 56.8 Å². The Hall–Kier alpha value is -1.52. The maximum Gasteiger partial charge on any atom is 0.242 e. The number of nitrogen functional groups attached to an aromatic ring is 1. The van der Waals surface area contributed by atoms with E-state index in [4.69, 9.17) is 10.5 Å². The largest absolute Gasteiger partial charge is 0.476 e. The highest BCUT2D eigenvalue weighted by Gasteiger charge is 2.22. The zero-order valence-corrected chi connectivity index (χ0v) is 13.6. The summed E-state index contributed by atoms with van der Waals surface area (Å²) < 4.78 is 5.65. The number of aromatic nitrogens is 2. The molecule has 0 aliphatic carbocycles. The van der Waals surface area contributed by atoms with Crippen LogP contribution in [-0.4, -0.2) is 23.1 Å². The molecule has 5 nitrogen and oxygen atoms in total. The molecular formula is C15H28N4O. The van der Waals surface area contributed by atoms with Gasteiger partial charge in [-0.2, -0.15) is 4.98 Å². The Morgan fingerprint density at radius 3 is 2.40 bits per heavy atom. The number of nitrogens with one attached hydrogen (secondary N) is 1. The molecule has 1 aromatic heterocycles. The van der Waals surface area contributed by atoms with Gasteiger partial charge in [0.05, 0.1) is 6.61 Å². The van der Waals surface area contributed by atoms with Crippen molar-refractivity contribution in [2.75, 3.05) is 24.2 Å². The number of rotatable bonds is 6. The molecule has 1 rings (SSSR count). The van der Waals surface area contributed by atoms with Crippen molar-refractivity contribution in [2.24, 2.45) is 5.92 Å². The molecule has 0 bridgehead atoms. The van der Waals surface area contributed by atoms with Crippen LogP contribution in [0.5, 0.6) is 5.88 Å². The average molecular weight is 280 g/mol. The van der Waals surface area contributed by atoms with Crippen LogP contribution in [0.4, 0.5) is 11.5 Å². The second kappa shape index (κ2) is 6.77. The first kappa shape index (κ1) is 16.5. The van der Waals surface area contributed by atoms with Gasteiger partial charge >= 0.3 is 0 Å². The smallest absolute Gasteiger partial charge is 0.242 e. The second-order valence-corrected chi connectivity index (χ2v) is 6.49. The van der Waals surface area contributed by atoms with Gasteiger partial charge in [0.25, 0.3) is 0 Å². The van der Waals surface area contributed by atoms with Gasteiger partial charge in [-0.25, -0.2) is 4.98 Å². The molecule has 0 radical (unpaired) electrons. The van der Waals surface area contributed by atoms with Gasteiger partial charge in [0.15, 0.2) is 5.82 Å². The molecule has 5 heteroatoms. The van der Waals surface area contributed by atoms with Crippen molar-refractivity contribution in [3.05, 3.63) is 5.82 Å². The number of ether oxygens (including phenoxy) is 1. The lowest BCUT2D eigenvalue weighted by molar-refractivity contribution is 0.303. The molecule has 20 heavy (non-hydrogen) atoms. The molecule has 1 aromatic rings. The van der Waals surface area contributed by atoms with Crippen molar-refractivity contribution in [3.63, 3.8) is 0 Å². The molecule has 0 saturated carbocycles. The molecule has 3 N–H and O–H groups in total. The molecule has 1 heterocycles. The van der Waals surface area contributed by atoms with E-state index in [1.807, 2.05) is 0 Å². The van der Waals surface area contributed by atoms with Crippen LogP contribution in [0.15, 0.2) is 0 Å². The summed E-state index contributed by atoms with van der Waals surface area (Å²) in [6.45, 7) is 14.0. The molecule has 114 valence electrons. The van der Waals surface area contributed by atoms with Crippen LogP contribution in [0.2, 0.25) is 0 Å². The predicted molar refractivity (Wildman–Crippen MR) is 84.3 cm³/mol. The van der Waals surface area contributed by atoms with Crippen molar-refractivity contribution in [1.29, 1.82) is 0 Å². The Morgan fingerprint density at radius 1 is 1.25 bits per heavy atom. The summed E-state index contributed by atoms with van der Waals surface area (Å²) >= 11 is 0. The minimum atomic E-state index is -0.147. The van der Waals surface area contributed by atoms with Crippen molar-refractivity contribution >= 4 is 11.5 Å². The number of hydrogen-bond acceptors (Lipinski definition) is 5. The SMILES string of the molecule is CCCOc1nc(C(C)(C)C)nc(NCC(C)C)c1N. The molecule has 0 amide bonds. The van der Waals surface area contributed by atoms with Crippen LogP contribution < -0.4 is 15.8 Å². The topological polar surface area (TPSA) is 73.1 Å². The monoisotopic (exact) mass is 280 g/mol. The van der Waals surface area contributed by atoms with Crippen LogP contribution in [-0.2, 0) is 5.41 Å². The van der Waals surface area contributed by atoms with Gasteiger partial charge in [0.2, 0.25) is 5.88 Å². The highest BCUT2D eigenvalue weighted by atomic mass is 16.5. The van der Waals surface area contributed by atoms with Crippen LogP contribution >= 0.6 is 0 Å². The zero-order valence-electron chi connectivity index (χ0n) is 13.6. The first-order valence-electron chi connectivity index (χ1n) is 7.30. The minimum Gasteiger partial charge on any atom is -0.476 e. The van der Waals surface area contributed by atoms with E-state index >= 15 is 0 Å². The van der Waals surface area contributed by atoms with Crippen molar-refractivity contribution in [1.82, 2.24) is 9.97 Å². The third-order valence-corrected chi connectivity index (χ3v) is 2.70. The fourth-order valence-corrected chi connectivity index (χ4v) is 1.53. The molecule has 0 unspecified atom stereocenters. The zero-order chi connectivity index (χ0) is 15.3. The fourth-order valence-electron chi connectivity index (χ4n) is 1.53. The van der Waals surface area contributed by atoms with E-state index < -0.39 is 0 Å². The molecule has 0 saturated heterocycles. The second-order valence-electron chi connectivity index (χ2n) is 6.49. The Labute approximate surface area is 122 Å². The van der Waals surface area contributed by atoms with Crippen LogP contribution in [0.25, 0.3) is 0 Å². The molecule has 0 aliphatic heterocycles.